The molecule has 30 heavy (non-hydrogen) atoms. The Labute approximate surface area is 184 Å². The molecule has 7 nitrogen and oxygen atoms in total. The van der Waals surface area contributed by atoms with Crippen LogP contribution >= 0.6 is 23.2 Å². The molecule has 0 radical (unpaired) electrons. The van der Waals surface area contributed by atoms with Crippen molar-refractivity contribution in [3.8, 4) is 0 Å². The van der Waals surface area contributed by atoms with Crippen molar-refractivity contribution in [2.75, 3.05) is 4.72 Å². The predicted octanol–water partition coefficient (Wildman–Crippen LogP) is 4.26. The summed E-state index contributed by atoms with van der Waals surface area (Å²) in [5, 5.41) is 7.10. The second-order valence-corrected chi connectivity index (χ2v) is 9.13. The van der Waals surface area contributed by atoms with Gasteiger partial charge in [-0.25, -0.2) is 8.42 Å². The lowest BCUT2D eigenvalue weighted by Gasteiger charge is -2.10. The number of amides is 1. The average molecular weight is 468 g/mol. The van der Waals surface area contributed by atoms with E-state index in [4.69, 9.17) is 27.7 Å². The van der Waals surface area contributed by atoms with E-state index < -0.39 is 10.0 Å². The monoisotopic (exact) mass is 467 g/mol. The zero-order chi connectivity index (χ0) is 21.9. The number of benzene rings is 2. The molecular weight excluding hydrogens is 449 g/mol. The Morgan fingerprint density at radius 3 is 2.37 bits per heavy atom. The zero-order valence-corrected chi connectivity index (χ0v) is 18.5. The summed E-state index contributed by atoms with van der Waals surface area (Å²) in [6.45, 7) is 3.94. The van der Waals surface area contributed by atoms with Crippen LogP contribution in [0.25, 0.3) is 0 Å². The van der Waals surface area contributed by atoms with Crippen molar-refractivity contribution in [2.24, 2.45) is 0 Å². The number of nitrogens with zero attached hydrogens (tertiary/aromatic N) is 1. The number of carbonyl (C=O) groups is 1. The van der Waals surface area contributed by atoms with E-state index in [0.717, 1.165) is 16.8 Å². The van der Waals surface area contributed by atoms with Gasteiger partial charge in [-0.2, -0.15) is 0 Å². The molecule has 1 heterocycles. The lowest BCUT2D eigenvalue weighted by molar-refractivity contribution is -0.120. The summed E-state index contributed by atoms with van der Waals surface area (Å²) in [7, 11) is -3.82. The summed E-state index contributed by atoms with van der Waals surface area (Å²) >= 11 is 11.7. The molecule has 0 aliphatic rings. The number of hydrogen-bond acceptors (Lipinski definition) is 5. The van der Waals surface area contributed by atoms with Crippen LogP contribution in [0, 0.1) is 13.8 Å². The normalized spacial score (nSPS) is 11.3. The smallest absolute Gasteiger partial charge is 0.261 e. The first-order valence-corrected chi connectivity index (χ1v) is 11.1. The maximum absolute atomic E-state index is 12.5. The van der Waals surface area contributed by atoms with Crippen LogP contribution in [-0.4, -0.2) is 19.5 Å². The Balaban J connectivity index is 1.60. The van der Waals surface area contributed by atoms with Crippen LogP contribution in [-0.2, 0) is 27.8 Å². The summed E-state index contributed by atoms with van der Waals surface area (Å²) in [6.07, 6.45) is 0.156. The van der Waals surface area contributed by atoms with Gasteiger partial charge < -0.3 is 9.84 Å². The van der Waals surface area contributed by atoms with Gasteiger partial charge in [-0.15, -0.1) is 0 Å². The Bertz CT molecular complexity index is 1160. The maximum atomic E-state index is 12.5. The Hall–Kier alpha value is -2.55. The van der Waals surface area contributed by atoms with E-state index in [1.807, 2.05) is 6.92 Å². The number of carbonyl (C=O) groups excluding carboxylic acids is 1. The molecule has 0 saturated heterocycles. The third-order valence-corrected chi connectivity index (χ3v) is 6.53. The van der Waals surface area contributed by atoms with Gasteiger partial charge >= 0.3 is 0 Å². The van der Waals surface area contributed by atoms with Gasteiger partial charge in [0.1, 0.15) is 5.76 Å². The number of anilines is 1. The number of aryl methyl sites for hydroxylation is 2. The zero-order valence-electron chi connectivity index (χ0n) is 16.2. The SMILES string of the molecule is Cc1noc(C)c1CNC(=O)Cc1ccc(NS(=O)(=O)c2ccc(Cl)c(Cl)c2)cc1. The van der Waals surface area contributed by atoms with Crippen LogP contribution in [0.2, 0.25) is 10.0 Å². The Morgan fingerprint density at radius 1 is 1.07 bits per heavy atom. The first kappa shape index (κ1) is 22.1. The molecular formula is C20H19Cl2N3O4S. The highest BCUT2D eigenvalue weighted by atomic mass is 35.5. The van der Waals surface area contributed by atoms with Gasteiger partial charge in [-0.05, 0) is 49.7 Å². The van der Waals surface area contributed by atoms with Gasteiger partial charge in [-0.1, -0.05) is 40.5 Å². The lowest BCUT2D eigenvalue weighted by Crippen LogP contribution is -2.25. The molecule has 0 fully saturated rings. The van der Waals surface area contributed by atoms with Gasteiger partial charge in [0.15, 0.2) is 0 Å². The Morgan fingerprint density at radius 2 is 1.77 bits per heavy atom. The molecule has 3 rings (SSSR count). The molecule has 0 saturated carbocycles. The number of hydrogen-bond donors (Lipinski definition) is 2. The van der Waals surface area contributed by atoms with Crippen molar-refractivity contribution in [3.05, 3.63) is 75.1 Å². The minimum absolute atomic E-state index is 0.000298. The van der Waals surface area contributed by atoms with Crippen molar-refractivity contribution in [2.45, 2.75) is 31.7 Å². The van der Waals surface area contributed by atoms with Gasteiger partial charge in [0, 0.05) is 17.8 Å². The predicted molar refractivity (Wildman–Crippen MR) is 115 cm³/mol. The first-order valence-electron chi connectivity index (χ1n) is 8.91. The minimum atomic E-state index is -3.82. The molecule has 1 amide bonds. The number of sulfonamides is 1. The van der Waals surface area contributed by atoms with Crippen LogP contribution in [0.3, 0.4) is 0 Å². The van der Waals surface area contributed by atoms with Gasteiger partial charge in [0.05, 0.1) is 27.1 Å². The van der Waals surface area contributed by atoms with E-state index in [9.17, 15) is 13.2 Å². The largest absolute Gasteiger partial charge is 0.361 e. The topological polar surface area (TPSA) is 101 Å². The van der Waals surface area contributed by atoms with Crippen LogP contribution in [0.4, 0.5) is 5.69 Å². The molecule has 2 N–H and O–H groups in total. The van der Waals surface area contributed by atoms with Crippen LogP contribution in [0.5, 0.6) is 0 Å². The fourth-order valence-corrected chi connectivity index (χ4v) is 4.19. The molecule has 0 bridgehead atoms. The summed E-state index contributed by atoms with van der Waals surface area (Å²) in [6, 6.07) is 10.6. The van der Waals surface area contributed by atoms with Crippen LogP contribution < -0.4 is 10.0 Å². The summed E-state index contributed by atoms with van der Waals surface area (Å²) in [4.78, 5) is 12.2. The van der Waals surface area contributed by atoms with Crippen molar-refractivity contribution in [1.29, 1.82) is 0 Å². The molecule has 0 aliphatic carbocycles. The molecule has 0 spiro atoms. The van der Waals surface area contributed by atoms with Gasteiger partial charge in [0.25, 0.3) is 10.0 Å². The quantitative estimate of drug-likeness (QED) is 0.540. The average Bonchev–Trinajstić information content (AvgIpc) is 3.01. The van der Waals surface area contributed by atoms with Crippen LogP contribution in [0.15, 0.2) is 51.9 Å². The molecule has 3 aromatic rings. The van der Waals surface area contributed by atoms with E-state index in [-0.39, 0.29) is 27.3 Å². The maximum Gasteiger partial charge on any atom is 0.261 e. The van der Waals surface area contributed by atoms with Crippen molar-refractivity contribution in [1.82, 2.24) is 10.5 Å². The number of rotatable bonds is 7. The van der Waals surface area contributed by atoms with Gasteiger partial charge in [0.2, 0.25) is 5.91 Å². The molecule has 158 valence electrons. The highest BCUT2D eigenvalue weighted by Gasteiger charge is 2.16. The summed E-state index contributed by atoms with van der Waals surface area (Å²) in [5.41, 5.74) is 2.70. The number of nitrogens with one attached hydrogen (secondary N) is 2. The lowest BCUT2D eigenvalue weighted by atomic mass is 10.1. The summed E-state index contributed by atoms with van der Waals surface area (Å²) in [5.74, 6) is 0.505. The fourth-order valence-electron chi connectivity index (χ4n) is 2.74. The third-order valence-electron chi connectivity index (χ3n) is 4.42. The number of aromatic nitrogens is 1. The van der Waals surface area contributed by atoms with Crippen LogP contribution in [0.1, 0.15) is 22.6 Å². The fraction of sp³-hybridized carbons (Fsp3) is 0.200. The molecule has 2 aromatic carbocycles. The molecule has 0 atom stereocenters. The van der Waals surface area contributed by atoms with E-state index in [2.05, 4.69) is 15.2 Å². The first-order chi connectivity index (χ1) is 14.2. The minimum Gasteiger partial charge on any atom is -0.361 e. The second kappa shape index (κ2) is 9.07. The highest BCUT2D eigenvalue weighted by molar-refractivity contribution is 7.92. The van der Waals surface area contributed by atoms with E-state index in [0.29, 0.717) is 18.0 Å². The standard InChI is InChI=1S/C20H19Cl2N3O4S/c1-12-17(13(2)29-24-12)11-23-20(26)9-14-3-5-15(6-4-14)25-30(27,28)16-7-8-18(21)19(22)10-16/h3-8,10,25H,9,11H2,1-2H3,(H,23,26). The summed E-state index contributed by atoms with van der Waals surface area (Å²) < 4.78 is 32.5. The molecule has 1 aromatic heterocycles. The molecule has 10 heteroatoms. The molecule has 0 aliphatic heterocycles. The van der Waals surface area contributed by atoms with Crippen molar-refractivity contribution in [3.63, 3.8) is 0 Å². The molecule has 0 unspecified atom stereocenters. The second-order valence-electron chi connectivity index (χ2n) is 6.63. The number of halogens is 2. The van der Waals surface area contributed by atoms with Crippen molar-refractivity contribution < 1.29 is 17.7 Å². The Kier molecular flexibility index (Phi) is 6.70. The third kappa shape index (κ3) is 5.33. The van der Waals surface area contributed by atoms with Gasteiger partial charge in [-0.3, -0.25) is 9.52 Å². The highest BCUT2D eigenvalue weighted by Crippen LogP contribution is 2.26. The van der Waals surface area contributed by atoms with E-state index >= 15 is 0 Å². The van der Waals surface area contributed by atoms with E-state index in [1.165, 1.54) is 18.2 Å². The van der Waals surface area contributed by atoms with Crippen molar-refractivity contribution >= 4 is 44.8 Å². The van der Waals surface area contributed by atoms with E-state index in [1.54, 1.807) is 31.2 Å².